The van der Waals surface area contributed by atoms with Gasteiger partial charge in [0, 0.05) is 43.4 Å². The number of aromatic nitrogens is 1. The lowest BCUT2D eigenvalue weighted by Crippen LogP contribution is -2.36. The van der Waals surface area contributed by atoms with Crippen LogP contribution in [0, 0.1) is 0 Å². The molecule has 1 fully saturated rings. The maximum atomic E-state index is 5.36. The zero-order valence-corrected chi connectivity index (χ0v) is 20.0. The normalized spacial score (nSPS) is 13.7. The second-order valence-corrected chi connectivity index (χ2v) is 8.27. The van der Waals surface area contributed by atoms with Crippen molar-refractivity contribution in [3.8, 4) is 0 Å². The SMILES string of the molecule is CCCN1CCOCC1.NC(N)=NCCCN(Cc1ccc(Br)cc1)c1ccccn1. The maximum Gasteiger partial charge on any atom is 0.185 e. The van der Waals surface area contributed by atoms with E-state index in [0.29, 0.717) is 6.54 Å². The van der Waals surface area contributed by atoms with Crippen molar-refractivity contribution < 1.29 is 4.74 Å². The number of morpholine rings is 1. The second kappa shape index (κ2) is 14.8. The van der Waals surface area contributed by atoms with Gasteiger partial charge in [0.2, 0.25) is 0 Å². The number of hydrogen-bond acceptors (Lipinski definition) is 5. The lowest BCUT2D eigenvalue weighted by atomic mass is 10.2. The molecule has 4 N–H and O–H groups in total. The van der Waals surface area contributed by atoms with Crippen molar-refractivity contribution in [2.24, 2.45) is 16.5 Å². The van der Waals surface area contributed by atoms with Gasteiger partial charge in [-0.2, -0.15) is 0 Å². The summed E-state index contributed by atoms with van der Waals surface area (Å²) in [6, 6.07) is 14.2. The summed E-state index contributed by atoms with van der Waals surface area (Å²) in [4.78, 5) is 13.1. The van der Waals surface area contributed by atoms with E-state index in [1.807, 2.05) is 30.3 Å². The summed E-state index contributed by atoms with van der Waals surface area (Å²) in [7, 11) is 0. The first-order chi connectivity index (χ1) is 15.1. The van der Waals surface area contributed by atoms with E-state index in [-0.39, 0.29) is 5.96 Å². The molecule has 0 radical (unpaired) electrons. The fourth-order valence-corrected chi connectivity index (χ4v) is 3.50. The first kappa shape index (κ1) is 25.1. The standard InChI is InChI=1S/C16H20BrN5.C7H15NO/c17-14-7-5-13(6-8-14)12-22(11-3-10-21-16(18)19)15-4-1-2-9-20-15;1-2-3-8-4-6-9-7-5-8/h1-2,4-9H,3,10-12H2,(H4,18,19,21);2-7H2,1H3. The summed E-state index contributed by atoms with van der Waals surface area (Å²) in [5.74, 6) is 1.09. The van der Waals surface area contributed by atoms with Gasteiger partial charge in [0.05, 0.1) is 13.2 Å². The Morgan fingerprint density at radius 1 is 1.16 bits per heavy atom. The van der Waals surface area contributed by atoms with Crippen LogP contribution in [0.1, 0.15) is 25.3 Å². The van der Waals surface area contributed by atoms with E-state index in [4.69, 9.17) is 16.2 Å². The van der Waals surface area contributed by atoms with Crippen LogP contribution in [0.25, 0.3) is 0 Å². The second-order valence-electron chi connectivity index (χ2n) is 7.35. The summed E-state index contributed by atoms with van der Waals surface area (Å²) in [6.07, 6.45) is 3.94. The minimum absolute atomic E-state index is 0.136. The van der Waals surface area contributed by atoms with Crippen molar-refractivity contribution in [1.82, 2.24) is 9.88 Å². The lowest BCUT2D eigenvalue weighted by Gasteiger charge is -2.25. The Balaban J connectivity index is 0.000000316. The number of aliphatic imine (C=N–C) groups is 1. The van der Waals surface area contributed by atoms with E-state index in [9.17, 15) is 0 Å². The molecule has 8 heteroatoms. The fourth-order valence-electron chi connectivity index (χ4n) is 3.24. The first-order valence-corrected chi connectivity index (χ1v) is 11.6. The van der Waals surface area contributed by atoms with Gasteiger partial charge in [-0.25, -0.2) is 4.98 Å². The van der Waals surface area contributed by atoms with E-state index in [2.05, 4.69) is 54.8 Å². The van der Waals surface area contributed by atoms with Crippen molar-refractivity contribution >= 4 is 27.7 Å². The molecule has 1 aromatic carbocycles. The van der Waals surface area contributed by atoms with Crippen LogP contribution in [0.4, 0.5) is 5.82 Å². The molecule has 2 heterocycles. The molecule has 0 aliphatic carbocycles. The Labute approximate surface area is 194 Å². The van der Waals surface area contributed by atoms with Gasteiger partial charge in [0.15, 0.2) is 5.96 Å². The van der Waals surface area contributed by atoms with Gasteiger partial charge in [0.1, 0.15) is 5.82 Å². The van der Waals surface area contributed by atoms with Crippen LogP contribution in [-0.4, -0.2) is 61.8 Å². The Morgan fingerprint density at radius 2 is 1.90 bits per heavy atom. The molecule has 3 rings (SSSR count). The van der Waals surface area contributed by atoms with Gasteiger partial charge in [-0.3, -0.25) is 9.89 Å². The Hall–Kier alpha value is -2.16. The van der Waals surface area contributed by atoms with Crippen LogP contribution < -0.4 is 16.4 Å². The lowest BCUT2D eigenvalue weighted by molar-refractivity contribution is 0.0380. The monoisotopic (exact) mass is 490 g/mol. The van der Waals surface area contributed by atoms with E-state index in [1.165, 1.54) is 18.5 Å². The molecule has 0 saturated carbocycles. The average Bonchev–Trinajstić information content (AvgIpc) is 2.79. The van der Waals surface area contributed by atoms with Crippen molar-refractivity contribution in [2.75, 3.05) is 50.8 Å². The zero-order chi connectivity index (χ0) is 22.3. The highest BCUT2D eigenvalue weighted by Gasteiger charge is 2.08. The van der Waals surface area contributed by atoms with E-state index in [0.717, 1.165) is 56.1 Å². The van der Waals surface area contributed by atoms with Gasteiger partial charge in [-0.15, -0.1) is 0 Å². The molecule has 1 saturated heterocycles. The van der Waals surface area contributed by atoms with Gasteiger partial charge in [-0.05, 0) is 49.2 Å². The molecule has 1 aliphatic rings. The van der Waals surface area contributed by atoms with Crippen molar-refractivity contribution in [1.29, 1.82) is 0 Å². The molecular weight excluding hydrogens is 456 g/mol. The highest BCUT2D eigenvalue weighted by molar-refractivity contribution is 9.10. The molecule has 7 nitrogen and oxygen atoms in total. The van der Waals surface area contributed by atoms with Crippen LogP contribution >= 0.6 is 15.9 Å². The third-order valence-corrected chi connectivity index (χ3v) is 5.31. The predicted octanol–water partition coefficient (Wildman–Crippen LogP) is 3.24. The minimum Gasteiger partial charge on any atom is -0.379 e. The van der Waals surface area contributed by atoms with Gasteiger partial charge < -0.3 is 21.1 Å². The number of nitrogens with zero attached hydrogens (tertiary/aromatic N) is 4. The van der Waals surface area contributed by atoms with Gasteiger partial charge in [0.25, 0.3) is 0 Å². The number of anilines is 1. The van der Waals surface area contributed by atoms with Crippen LogP contribution in [0.5, 0.6) is 0 Å². The van der Waals surface area contributed by atoms with Gasteiger partial charge in [-0.1, -0.05) is 41.1 Å². The maximum absolute atomic E-state index is 5.36. The molecule has 0 amide bonds. The number of benzene rings is 1. The van der Waals surface area contributed by atoms with Crippen molar-refractivity contribution in [3.05, 3.63) is 58.7 Å². The summed E-state index contributed by atoms with van der Waals surface area (Å²) < 4.78 is 6.28. The zero-order valence-electron chi connectivity index (χ0n) is 18.4. The summed E-state index contributed by atoms with van der Waals surface area (Å²) in [6.45, 7) is 9.84. The third kappa shape index (κ3) is 10.6. The Kier molecular flexibility index (Phi) is 12.0. The van der Waals surface area contributed by atoms with Crippen LogP contribution in [0.2, 0.25) is 0 Å². The number of nitrogens with two attached hydrogens (primary N) is 2. The molecule has 2 aromatic rings. The molecule has 0 unspecified atom stereocenters. The highest BCUT2D eigenvalue weighted by atomic mass is 79.9. The Morgan fingerprint density at radius 3 is 2.52 bits per heavy atom. The number of halogens is 1. The molecular formula is C23H35BrN6O. The quantitative estimate of drug-likeness (QED) is 0.318. The van der Waals surface area contributed by atoms with Crippen molar-refractivity contribution in [2.45, 2.75) is 26.3 Å². The van der Waals surface area contributed by atoms with E-state index >= 15 is 0 Å². The molecule has 31 heavy (non-hydrogen) atoms. The molecule has 1 aliphatic heterocycles. The smallest absolute Gasteiger partial charge is 0.185 e. The molecule has 170 valence electrons. The summed E-state index contributed by atoms with van der Waals surface area (Å²) >= 11 is 3.46. The largest absolute Gasteiger partial charge is 0.379 e. The number of guanidine groups is 1. The van der Waals surface area contributed by atoms with E-state index < -0.39 is 0 Å². The van der Waals surface area contributed by atoms with Crippen molar-refractivity contribution in [3.63, 3.8) is 0 Å². The molecule has 1 aromatic heterocycles. The number of hydrogen-bond donors (Lipinski definition) is 2. The van der Waals surface area contributed by atoms with Gasteiger partial charge >= 0.3 is 0 Å². The number of ether oxygens (including phenoxy) is 1. The average molecular weight is 491 g/mol. The molecule has 0 atom stereocenters. The fraction of sp³-hybridized carbons (Fsp3) is 0.478. The molecule has 0 spiro atoms. The number of rotatable bonds is 9. The molecule has 0 bridgehead atoms. The summed E-state index contributed by atoms with van der Waals surface area (Å²) in [5, 5.41) is 0. The third-order valence-electron chi connectivity index (χ3n) is 4.78. The Bertz CT molecular complexity index is 744. The topological polar surface area (TPSA) is 93.0 Å². The first-order valence-electron chi connectivity index (χ1n) is 10.8. The highest BCUT2D eigenvalue weighted by Crippen LogP contribution is 2.16. The van der Waals surface area contributed by atoms with Crippen LogP contribution in [-0.2, 0) is 11.3 Å². The van der Waals surface area contributed by atoms with Crippen LogP contribution in [0.3, 0.4) is 0 Å². The number of pyridine rings is 1. The predicted molar refractivity (Wildman–Crippen MR) is 132 cm³/mol. The van der Waals surface area contributed by atoms with Crippen LogP contribution in [0.15, 0.2) is 58.1 Å². The van der Waals surface area contributed by atoms with E-state index in [1.54, 1.807) is 6.20 Å². The summed E-state index contributed by atoms with van der Waals surface area (Å²) in [5.41, 5.74) is 11.9. The minimum atomic E-state index is 0.136.